The van der Waals surface area contributed by atoms with Crippen LogP contribution >= 0.6 is 0 Å². The van der Waals surface area contributed by atoms with Gasteiger partial charge in [-0.3, -0.25) is 4.90 Å². The standard InChI is InChI=1S/C13H25N3O/c1-11(2)14-5-7-15(8-6-14)12(17)16-9-13(3,4)10-16/h11H,5-10H2,1-4H3. The molecular formula is C13H25N3O. The Morgan fingerprint density at radius 1 is 1.00 bits per heavy atom. The summed E-state index contributed by atoms with van der Waals surface area (Å²) in [5, 5.41) is 0. The molecule has 0 unspecified atom stereocenters. The smallest absolute Gasteiger partial charge is 0.320 e. The van der Waals surface area contributed by atoms with E-state index in [9.17, 15) is 4.79 Å². The first-order valence-electron chi connectivity index (χ1n) is 6.67. The molecule has 2 fully saturated rings. The third-order valence-electron chi connectivity index (χ3n) is 3.82. The highest BCUT2D eigenvalue weighted by atomic mass is 16.2. The summed E-state index contributed by atoms with van der Waals surface area (Å²) in [4.78, 5) is 18.6. The zero-order chi connectivity index (χ0) is 12.6. The fraction of sp³-hybridized carbons (Fsp3) is 0.923. The summed E-state index contributed by atoms with van der Waals surface area (Å²) < 4.78 is 0. The van der Waals surface area contributed by atoms with Gasteiger partial charge in [0.1, 0.15) is 0 Å². The van der Waals surface area contributed by atoms with Gasteiger partial charge in [-0.05, 0) is 13.8 Å². The number of hydrogen-bond acceptors (Lipinski definition) is 2. The highest BCUT2D eigenvalue weighted by Gasteiger charge is 2.39. The van der Waals surface area contributed by atoms with Crippen molar-refractivity contribution < 1.29 is 4.79 Å². The first-order valence-corrected chi connectivity index (χ1v) is 6.67. The summed E-state index contributed by atoms with van der Waals surface area (Å²) in [5.74, 6) is 0. The van der Waals surface area contributed by atoms with Crippen LogP contribution in [0.5, 0.6) is 0 Å². The second-order valence-corrected chi connectivity index (χ2v) is 6.42. The summed E-state index contributed by atoms with van der Waals surface area (Å²) >= 11 is 0. The summed E-state index contributed by atoms with van der Waals surface area (Å²) in [6.07, 6.45) is 0. The van der Waals surface area contributed by atoms with Crippen LogP contribution in [0.25, 0.3) is 0 Å². The van der Waals surface area contributed by atoms with Gasteiger partial charge in [0, 0.05) is 50.7 Å². The van der Waals surface area contributed by atoms with Crippen LogP contribution in [0.1, 0.15) is 27.7 Å². The lowest BCUT2D eigenvalue weighted by Crippen LogP contribution is -2.61. The van der Waals surface area contributed by atoms with E-state index in [0.717, 1.165) is 39.3 Å². The fourth-order valence-electron chi connectivity index (χ4n) is 2.75. The molecule has 2 aliphatic rings. The molecule has 2 aliphatic heterocycles. The van der Waals surface area contributed by atoms with Gasteiger partial charge in [-0.25, -0.2) is 4.79 Å². The van der Waals surface area contributed by atoms with Gasteiger partial charge in [0.05, 0.1) is 0 Å². The fourth-order valence-corrected chi connectivity index (χ4v) is 2.75. The van der Waals surface area contributed by atoms with Gasteiger partial charge in [0.2, 0.25) is 0 Å². The van der Waals surface area contributed by atoms with Crippen molar-refractivity contribution in [3.05, 3.63) is 0 Å². The normalized spacial score (nSPS) is 25.0. The zero-order valence-electron chi connectivity index (χ0n) is 11.6. The van der Waals surface area contributed by atoms with Crippen LogP contribution < -0.4 is 0 Å². The van der Waals surface area contributed by atoms with Gasteiger partial charge in [-0.2, -0.15) is 0 Å². The zero-order valence-corrected chi connectivity index (χ0v) is 11.6. The number of likely N-dealkylation sites (tertiary alicyclic amines) is 1. The number of rotatable bonds is 1. The number of urea groups is 1. The lowest BCUT2D eigenvalue weighted by molar-refractivity contribution is 0.0306. The molecule has 4 nitrogen and oxygen atoms in total. The Morgan fingerprint density at radius 2 is 1.53 bits per heavy atom. The molecule has 98 valence electrons. The Kier molecular flexibility index (Phi) is 3.34. The predicted octanol–water partition coefficient (Wildman–Crippen LogP) is 1.47. The number of carbonyl (C=O) groups is 1. The lowest BCUT2D eigenvalue weighted by Gasteiger charge is -2.48. The monoisotopic (exact) mass is 239 g/mol. The van der Waals surface area contributed by atoms with Crippen molar-refractivity contribution in [3.63, 3.8) is 0 Å². The summed E-state index contributed by atoms with van der Waals surface area (Å²) in [6, 6.07) is 0.836. The molecular weight excluding hydrogens is 214 g/mol. The van der Waals surface area contributed by atoms with Crippen molar-refractivity contribution in [2.45, 2.75) is 33.7 Å². The maximum absolute atomic E-state index is 12.2. The Balaban J connectivity index is 1.79. The summed E-state index contributed by atoms with van der Waals surface area (Å²) in [5.41, 5.74) is 0.329. The molecule has 17 heavy (non-hydrogen) atoms. The van der Waals surface area contributed by atoms with Crippen molar-refractivity contribution in [1.82, 2.24) is 14.7 Å². The SMILES string of the molecule is CC(C)N1CCN(C(=O)N2CC(C)(C)C2)CC1. The highest BCUT2D eigenvalue weighted by Crippen LogP contribution is 2.29. The topological polar surface area (TPSA) is 26.8 Å². The quantitative estimate of drug-likeness (QED) is 0.693. The molecule has 2 heterocycles. The van der Waals surface area contributed by atoms with Crippen molar-refractivity contribution in [2.24, 2.45) is 5.41 Å². The van der Waals surface area contributed by atoms with E-state index in [4.69, 9.17) is 0 Å². The molecule has 0 radical (unpaired) electrons. The molecule has 0 aromatic rings. The van der Waals surface area contributed by atoms with Gasteiger partial charge in [-0.1, -0.05) is 13.8 Å². The first kappa shape index (κ1) is 12.7. The van der Waals surface area contributed by atoms with E-state index >= 15 is 0 Å². The lowest BCUT2D eigenvalue weighted by atomic mass is 9.85. The van der Waals surface area contributed by atoms with E-state index in [1.165, 1.54) is 0 Å². The Hall–Kier alpha value is -0.770. The number of amides is 2. The van der Waals surface area contributed by atoms with Crippen molar-refractivity contribution in [2.75, 3.05) is 39.3 Å². The minimum absolute atomic E-state index is 0.243. The second kappa shape index (κ2) is 4.48. The molecule has 2 saturated heterocycles. The summed E-state index contributed by atoms with van der Waals surface area (Å²) in [7, 11) is 0. The Labute approximate surface area is 105 Å². The third-order valence-corrected chi connectivity index (χ3v) is 3.82. The minimum Gasteiger partial charge on any atom is -0.323 e. The molecule has 0 aromatic carbocycles. The molecule has 0 bridgehead atoms. The van der Waals surface area contributed by atoms with Gasteiger partial charge < -0.3 is 9.80 Å². The molecule has 4 heteroatoms. The predicted molar refractivity (Wildman–Crippen MR) is 69.0 cm³/mol. The molecule has 0 aliphatic carbocycles. The average molecular weight is 239 g/mol. The van der Waals surface area contributed by atoms with Crippen molar-refractivity contribution in [1.29, 1.82) is 0 Å². The molecule has 0 saturated carbocycles. The van der Waals surface area contributed by atoms with E-state index < -0.39 is 0 Å². The number of hydrogen-bond donors (Lipinski definition) is 0. The molecule has 0 N–H and O–H groups in total. The van der Waals surface area contributed by atoms with Crippen LogP contribution in [-0.4, -0.2) is 66.0 Å². The molecule has 0 atom stereocenters. The number of nitrogens with zero attached hydrogens (tertiary/aromatic N) is 3. The highest BCUT2D eigenvalue weighted by molar-refractivity contribution is 5.75. The van der Waals surface area contributed by atoms with Crippen LogP contribution in [0, 0.1) is 5.41 Å². The van der Waals surface area contributed by atoms with Crippen LogP contribution in [0.2, 0.25) is 0 Å². The number of carbonyl (C=O) groups excluding carboxylic acids is 1. The van der Waals surface area contributed by atoms with E-state index in [-0.39, 0.29) is 6.03 Å². The largest absolute Gasteiger partial charge is 0.323 e. The molecule has 2 rings (SSSR count). The van der Waals surface area contributed by atoms with Crippen molar-refractivity contribution >= 4 is 6.03 Å². The van der Waals surface area contributed by atoms with Crippen molar-refractivity contribution in [3.8, 4) is 0 Å². The van der Waals surface area contributed by atoms with Crippen LogP contribution in [0.3, 0.4) is 0 Å². The summed E-state index contributed by atoms with van der Waals surface area (Å²) in [6.45, 7) is 14.5. The number of piperazine rings is 1. The van der Waals surface area contributed by atoms with Gasteiger partial charge in [0.25, 0.3) is 0 Å². The first-order chi connectivity index (χ1) is 7.89. The second-order valence-electron chi connectivity index (χ2n) is 6.42. The van der Waals surface area contributed by atoms with E-state index in [2.05, 4.69) is 32.6 Å². The average Bonchev–Trinajstić information content (AvgIpc) is 2.25. The van der Waals surface area contributed by atoms with E-state index in [1.54, 1.807) is 0 Å². The van der Waals surface area contributed by atoms with Gasteiger partial charge >= 0.3 is 6.03 Å². The van der Waals surface area contributed by atoms with E-state index in [0.29, 0.717) is 11.5 Å². The molecule has 0 spiro atoms. The molecule has 2 amide bonds. The van der Waals surface area contributed by atoms with Crippen LogP contribution in [-0.2, 0) is 0 Å². The third kappa shape index (κ3) is 2.73. The molecule has 0 aromatic heterocycles. The Morgan fingerprint density at radius 3 is 1.94 bits per heavy atom. The van der Waals surface area contributed by atoms with Crippen LogP contribution in [0.15, 0.2) is 0 Å². The van der Waals surface area contributed by atoms with Crippen LogP contribution in [0.4, 0.5) is 4.79 Å². The van der Waals surface area contributed by atoms with Gasteiger partial charge in [0.15, 0.2) is 0 Å². The Bertz CT molecular complexity index is 285. The maximum Gasteiger partial charge on any atom is 0.320 e. The minimum atomic E-state index is 0.243. The maximum atomic E-state index is 12.2. The van der Waals surface area contributed by atoms with Gasteiger partial charge in [-0.15, -0.1) is 0 Å². The van der Waals surface area contributed by atoms with E-state index in [1.807, 2.05) is 9.80 Å².